The minimum atomic E-state index is 1.35. The topological polar surface area (TPSA) is 0 Å². The summed E-state index contributed by atoms with van der Waals surface area (Å²) in [5.41, 5.74) is 0. The molecule has 0 saturated carbocycles. The number of hydrogen-bond donors (Lipinski definition) is 0. The van der Waals surface area contributed by atoms with E-state index in [0.29, 0.717) is 0 Å². The Hall–Kier alpha value is 1.26. The van der Waals surface area contributed by atoms with Gasteiger partial charge >= 0.3 is 0 Å². The molecule has 0 aromatic rings. The van der Waals surface area contributed by atoms with Crippen molar-refractivity contribution in [2.45, 2.75) is 5.28 Å². The Morgan fingerprint density at radius 1 is 1.75 bits per heavy atom. The van der Waals surface area contributed by atoms with Gasteiger partial charge in [-0.2, -0.15) is 0 Å². The molecule has 0 radical (unpaired) electrons. The summed E-state index contributed by atoms with van der Waals surface area (Å²) in [5, 5.41) is 1.44. The third kappa shape index (κ3) is 3.26. The molecule has 0 atom stereocenters. The SMILES string of the molecule is [AlH2][CH2]CI. The Labute approximate surface area is 48.5 Å². The van der Waals surface area contributed by atoms with Crippen LogP contribution in [0.3, 0.4) is 0 Å². The second-order valence-electron chi connectivity index (χ2n) is 0.689. The van der Waals surface area contributed by atoms with Crippen molar-refractivity contribution in [3.63, 3.8) is 0 Å². The number of rotatable bonds is 1. The van der Waals surface area contributed by atoms with Crippen molar-refractivity contribution in [1.82, 2.24) is 0 Å². The van der Waals surface area contributed by atoms with Crippen LogP contribution in [0.4, 0.5) is 0 Å². The fourth-order valence-electron chi connectivity index (χ4n) is 0. The number of hydrogen-bond acceptors (Lipinski definition) is 0. The van der Waals surface area contributed by atoms with Crippen LogP contribution in [0.15, 0.2) is 0 Å². The first-order valence-corrected chi connectivity index (χ1v) is 4.41. The Kier molecular flexibility index (Phi) is 5.61. The van der Waals surface area contributed by atoms with Gasteiger partial charge in [0.25, 0.3) is 0 Å². The molecule has 0 aromatic heterocycles. The van der Waals surface area contributed by atoms with Crippen LogP contribution >= 0.6 is 22.6 Å². The van der Waals surface area contributed by atoms with Gasteiger partial charge in [-0.15, -0.1) is 0 Å². The van der Waals surface area contributed by atoms with E-state index in [1.54, 1.807) is 0 Å². The summed E-state index contributed by atoms with van der Waals surface area (Å²) < 4.78 is 1.35. The maximum Gasteiger partial charge on any atom is 0.212 e. The van der Waals surface area contributed by atoms with Gasteiger partial charge < -0.3 is 0 Å². The molecule has 0 aliphatic rings. The van der Waals surface area contributed by atoms with E-state index in [1.165, 1.54) is 26.0 Å². The smallest absolute Gasteiger partial charge is 0.0926 e. The first kappa shape index (κ1) is 5.26. The highest BCUT2D eigenvalue weighted by Gasteiger charge is 1.60. The molecule has 0 aromatic carbocycles. The Morgan fingerprint density at radius 3 is 2.00 bits per heavy atom. The summed E-state index contributed by atoms with van der Waals surface area (Å²) in [4.78, 5) is 0. The van der Waals surface area contributed by atoms with Crippen LogP contribution in [0.25, 0.3) is 0 Å². The van der Waals surface area contributed by atoms with Gasteiger partial charge in [0, 0.05) is 0 Å². The average molecular weight is 184 g/mol. The minimum absolute atomic E-state index is 1.35. The lowest BCUT2D eigenvalue weighted by Crippen LogP contribution is -1.60. The fourth-order valence-corrected chi connectivity index (χ4v) is 0. The average Bonchev–Trinajstić information content (AvgIpc) is 1.37. The second-order valence-corrected chi connectivity index (χ2v) is 2.77. The predicted octanol–water partition coefficient (Wildman–Crippen LogP) is 0.473. The molecule has 0 amide bonds. The van der Waals surface area contributed by atoms with Crippen LogP contribution in [-0.4, -0.2) is 20.7 Å². The van der Waals surface area contributed by atoms with E-state index in [2.05, 4.69) is 22.6 Å². The van der Waals surface area contributed by atoms with Gasteiger partial charge in [0.15, 0.2) is 0 Å². The molecule has 0 nitrogen and oxygen atoms in total. The molecule has 0 aliphatic carbocycles. The molecule has 0 saturated heterocycles. The zero-order chi connectivity index (χ0) is 3.41. The van der Waals surface area contributed by atoms with E-state index in [1.807, 2.05) is 0 Å². The van der Waals surface area contributed by atoms with Gasteiger partial charge in [-0.25, -0.2) is 0 Å². The molecule has 2 heteroatoms. The van der Waals surface area contributed by atoms with Crippen LogP contribution in [0.5, 0.6) is 0 Å². The van der Waals surface area contributed by atoms with Crippen molar-refractivity contribution in [2.24, 2.45) is 0 Å². The number of alkyl halides is 1. The largest absolute Gasteiger partial charge is 0.212 e. The van der Waals surface area contributed by atoms with Crippen LogP contribution in [-0.2, 0) is 0 Å². The van der Waals surface area contributed by atoms with Crippen molar-refractivity contribution < 1.29 is 0 Å². The molecule has 0 spiro atoms. The van der Waals surface area contributed by atoms with Crippen LogP contribution < -0.4 is 0 Å². The third-order valence-electron chi connectivity index (χ3n) is 0.189. The zero-order valence-corrected chi connectivity index (χ0v) is 6.95. The van der Waals surface area contributed by atoms with Gasteiger partial charge in [0.2, 0.25) is 16.3 Å². The quantitative estimate of drug-likeness (QED) is 0.315. The van der Waals surface area contributed by atoms with E-state index >= 15 is 0 Å². The van der Waals surface area contributed by atoms with Gasteiger partial charge in [0.1, 0.15) is 0 Å². The summed E-state index contributed by atoms with van der Waals surface area (Å²) in [6.45, 7) is 0. The summed E-state index contributed by atoms with van der Waals surface area (Å²) in [6.07, 6.45) is 0. The lowest BCUT2D eigenvalue weighted by atomic mass is 11.0. The Bertz CT molecular complexity index is 8.00. The molecule has 0 aliphatic heterocycles. The minimum Gasteiger partial charge on any atom is -0.0926 e. The molecule has 4 heavy (non-hydrogen) atoms. The highest BCUT2D eigenvalue weighted by atomic mass is 127. The van der Waals surface area contributed by atoms with Crippen LogP contribution in [0, 0.1) is 0 Å². The van der Waals surface area contributed by atoms with Crippen LogP contribution in [0.1, 0.15) is 0 Å². The van der Waals surface area contributed by atoms with E-state index in [0.717, 1.165) is 0 Å². The molecular formula is C2H6AlI. The van der Waals surface area contributed by atoms with E-state index in [9.17, 15) is 0 Å². The summed E-state index contributed by atoms with van der Waals surface area (Å²) in [5.74, 6) is 0. The summed E-state index contributed by atoms with van der Waals surface area (Å²) in [6, 6.07) is 0. The van der Waals surface area contributed by atoms with Crippen molar-refractivity contribution in [3.05, 3.63) is 0 Å². The maximum atomic E-state index is 2.39. The van der Waals surface area contributed by atoms with Gasteiger partial charge in [0.05, 0.1) is 0 Å². The standard InChI is InChI=1S/C2H4I.Al.2H/c1-2-3;;;/h1-2H2;;;. The Morgan fingerprint density at radius 2 is 2.00 bits per heavy atom. The van der Waals surface area contributed by atoms with E-state index in [-0.39, 0.29) is 0 Å². The molecule has 0 heterocycles. The molecule has 0 unspecified atom stereocenters. The first-order valence-electron chi connectivity index (χ1n) is 1.47. The number of halogens is 1. The van der Waals surface area contributed by atoms with E-state index in [4.69, 9.17) is 0 Å². The van der Waals surface area contributed by atoms with Crippen molar-refractivity contribution in [2.75, 3.05) is 4.43 Å². The van der Waals surface area contributed by atoms with Gasteiger partial charge in [-0.1, -0.05) is 27.9 Å². The lowest BCUT2D eigenvalue weighted by molar-refractivity contribution is 1.56. The fraction of sp³-hybridized carbons (Fsp3) is 1.00. The lowest BCUT2D eigenvalue weighted by Gasteiger charge is -1.64. The molecule has 0 N–H and O–H groups in total. The summed E-state index contributed by atoms with van der Waals surface area (Å²) in [7, 11) is 0. The molecule has 24 valence electrons. The van der Waals surface area contributed by atoms with E-state index < -0.39 is 0 Å². The Balaban J connectivity index is 1.97. The monoisotopic (exact) mass is 184 g/mol. The highest BCUT2D eigenvalue weighted by Crippen LogP contribution is 1.79. The molecule has 0 rings (SSSR count). The van der Waals surface area contributed by atoms with Gasteiger partial charge in [-0.05, 0) is 4.43 Å². The second kappa shape index (κ2) is 4.26. The molecular weight excluding hydrogens is 178 g/mol. The third-order valence-corrected chi connectivity index (χ3v) is 3.80. The van der Waals surface area contributed by atoms with Crippen molar-refractivity contribution in [3.8, 4) is 0 Å². The maximum absolute atomic E-state index is 2.39. The zero-order valence-electron chi connectivity index (χ0n) is 2.79. The first-order chi connectivity index (χ1) is 1.91. The van der Waals surface area contributed by atoms with Crippen molar-refractivity contribution in [1.29, 1.82) is 0 Å². The van der Waals surface area contributed by atoms with Crippen molar-refractivity contribution >= 4 is 38.9 Å². The normalized spacial score (nSPS) is 7.25. The molecule has 0 bridgehead atoms. The molecule has 0 fully saturated rings. The predicted molar refractivity (Wildman–Crippen MR) is 32.2 cm³/mol. The van der Waals surface area contributed by atoms with Gasteiger partial charge in [-0.3, -0.25) is 0 Å². The van der Waals surface area contributed by atoms with Crippen LogP contribution in [0.2, 0.25) is 5.28 Å². The summed E-state index contributed by atoms with van der Waals surface area (Å²) >= 11 is 3.77. The highest BCUT2D eigenvalue weighted by molar-refractivity contribution is 14.1.